The first-order chi connectivity index (χ1) is 13.3. The van der Waals surface area contributed by atoms with Crippen LogP contribution in [-0.2, 0) is 19.2 Å². The van der Waals surface area contributed by atoms with Gasteiger partial charge >= 0.3 is 5.97 Å². The zero-order valence-corrected chi connectivity index (χ0v) is 15.2. The summed E-state index contributed by atoms with van der Waals surface area (Å²) < 4.78 is 5.67. The normalized spacial score (nSPS) is 10.5. The number of nitrogens with one attached hydrogen (secondary N) is 2. The van der Waals surface area contributed by atoms with Crippen LogP contribution < -0.4 is 15.4 Å². The van der Waals surface area contributed by atoms with Crippen molar-refractivity contribution < 1.29 is 34.1 Å². The van der Waals surface area contributed by atoms with Gasteiger partial charge in [0.05, 0.1) is 0 Å². The Balaban J connectivity index is 0.00000122. The van der Waals surface area contributed by atoms with Crippen molar-refractivity contribution in [2.24, 2.45) is 5.92 Å². The predicted molar refractivity (Wildman–Crippen MR) is 102 cm³/mol. The molecule has 1 atom stereocenters. The molecule has 2 rings (SSSR count). The molecule has 9 nitrogen and oxygen atoms in total. The Morgan fingerprint density at radius 1 is 0.964 bits per heavy atom. The van der Waals surface area contributed by atoms with Crippen LogP contribution in [0.3, 0.4) is 0 Å². The molecular weight excluding hydrogens is 368 g/mol. The van der Waals surface area contributed by atoms with Crippen molar-refractivity contribution >= 4 is 35.5 Å². The zero-order chi connectivity index (χ0) is 21.1. The highest BCUT2D eigenvalue weighted by molar-refractivity contribution is 6.19. The van der Waals surface area contributed by atoms with E-state index in [1.54, 1.807) is 24.3 Å². The molecule has 0 radical (unpaired) electrons. The first-order valence-corrected chi connectivity index (χ1v) is 8.00. The maximum atomic E-state index is 11.9. The number of ketones is 1. The number of carbonyl (C=O) groups excluding carboxylic acids is 2. The van der Waals surface area contributed by atoms with E-state index in [0.29, 0.717) is 17.2 Å². The molecule has 148 valence electrons. The summed E-state index contributed by atoms with van der Waals surface area (Å²) in [5.41, 5.74) is 1.33. The van der Waals surface area contributed by atoms with E-state index in [2.05, 4.69) is 10.6 Å². The maximum Gasteiger partial charge on any atom is 0.323 e. The number of carboxylic acid groups (broad SMARTS) is 2. The summed E-state index contributed by atoms with van der Waals surface area (Å²) >= 11 is 0. The van der Waals surface area contributed by atoms with Gasteiger partial charge in [-0.3, -0.25) is 19.2 Å². The standard InChI is InChI=1S/C18H18N2O5.CH2O2/c1-11(21)16(18(23)24)17(22)20-13-5-9-15(10-6-13)25-14-7-3-12(19-2)4-8-14;2-1-3/h3-10,16,19H,1-2H3,(H,20,22)(H,23,24);1H,(H,2,3). The van der Waals surface area contributed by atoms with Crippen molar-refractivity contribution in [2.45, 2.75) is 6.92 Å². The van der Waals surface area contributed by atoms with Gasteiger partial charge in [-0.05, 0) is 55.5 Å². The number of anilines is 2. The Labute approximate surface area is 160 Å². The first kappa shape index (κ1) is 22.2. The van der Waals surface area contributed by atoms with Crippen molar-refractivity contribution in [2.75, 3.05) is 17.7 Å². The Bertz CT molecular complexity index is 803. The van der Waals surface area contributed by atoms with E-state index in [4.69, 9.17) is 19.7 Å². The van der Waals surface area contributed by atoms with Gasteiger partial charge in [0.25, 0.3) is 6.47 Å². The van der Waals surface area contributed by atoms with Crippen LogP contribution in [0.1, 0.15) is 6.92 Å². The van der Waals surface area contributed by atoms with E-state index >= 15 is 0 Å². The lowest BCUT2D eigenvalue weighted by molar-refractivity contribution is -0.149. The van der Waals surface area contributed by atoms with Crippen LogP contribution in [0.4, 0.5) is 11.4 Å². The number of benzene rings is 2. The van der Waals surface area contributed by atoms with Crippen LogP contribution in [0.25, 0.3) is 0 Å². The quantitative estimate of drug-likeness (QED) is 0.418. The summed E-state index contributed by atoms with van der Waals surface area (Å²) in [5, 5.41) is 21.2. The van der Waals surface area contributed by atoms with Crippen molar-refractivity contribution in [3.05, 3.63) is 48.5 Å². The van der Waals surface area contributed by atoms with Crippen molar-refractivity contribution in [1.29, 1.82) is 0 Å². The highest BCUT2D eigenvalue weighted by Crippen LogP contribution is 2.24. The molecule has 0 aromatic heterocycles. The van der Waals surface area contributed by atoms with Gasteiger partial charge in [-0.1, -0.05) is 0 Å². The lowest BCUT2D eigenvalue weighted by atomic mass is 10.0. The van der Waals surface area contributed by atoms with Crippen molar-refractivity contribution in [1.82, 2.24) is 0 Å². The molecule has 0 saturated heterocycles. The highest BCUT2D eigenvalue weighted by Gasteiger charge is 2.30. The molecule has 0 aliphatic rings. The second-order valence-electron chi connectivity index (χ2n) is 5.38. The average Bonchev–Trinajstić information content (AvgIpc) is 2.64. The molecule has 9 heteroatoms. The van der Waals surface area contributed by atoms with Crippen LogP contribution in [0, 0.1) is 5.92 Å². The summed E-state index contributed by atoms with van der Waals surface area (Å²) in [4.78, 5) is 42.5. The smallest absolute Gasteiger partial charge is 0.323 e. The number of Topliss-reactive ketones (excluding diaryl/α,β-unsaturated/α-hetero) is 1. The molecule has 1 amide bonds. The molecule has 0 aliphatic heterocycles. The third-order valence-corrected chi connectivity index (χ3v) is 3.42. The largest absolute Gasteiger partial charge is 0.483 e. The number of aliphatic carboxylic acids is 1. The number of hydrogen-bond donors (Lipinski definition) is 4. The van der Waals surface area contributed by atoms with Crippen molar-refractivity contribution in [3.63, 3.8) is 0 Å². The molecular formula is C19H20N2O7. The number of amides is 1. The third-order valence-electron chi connectivity index (χ3n) is 3.42. The zero-order valence-electron chi connectivity index (χ0n) is 15.2. The molecule has 1 unspecified atom stereocenters. The molecule has 0 aliphatic carbocycles. The second-order valence-corrected chi connectivity index (χ2v) is 5.38. The van der Waals surface area contributed by atoms with E-state index in [1.165, 1.54) is 0 Å². The molecule has 2 aromatic rings. The van der Waals surface area contributed by atoms with Crippen LogP contribution in [0.15, 0.2) is 48.5 Å². The lowest BCUT2D eigenvalue weighted by Gasteiger charge is -2.11. The Hall–Kier alpha value is -3.88. The third kappa shape index (κ3) is 6.79. The fourth-order valence-electron chi connectivity index (χ4n) is 2.12. The van der Waals surface area contributed by atoms with Gasteiger partial charge in [0.15, 0.2) is 11.7 Å². The number of rotatable bonds is 7. The minimum Gasteiger partial charge on any atom is -0.483 e. The van der Waals surface area contributed by atoms with Gasteiger partial charge in [-0.25, -0.2) is 0 Å². The van der Waals surface area contributed by atoms with Gasteiger partial charge in [0.2, 0.25) is 5.91 Å². The minimum absolute atomic E-state index is 0.250. The second kappa shape index (κ2) is 11.0. The monoisotopic (exact) mass is 388 g/mol. The van der Waals surface area contributed by atoms with E-state index in [9.17, 15) is 14.4 Å². The summed E-state index contributed by atoms with van der Waals surface area (Å²) in [6.45, 7) is 0.814. The molecule has 28 heavy (non-hydrogen) atoms. The fourth-order valence-corrected chi connectivity index (χ4v) is 2.12. The van der Waals surface area contributed by atoms with Gasteiger partial charge < -0.3 is 25.6 Å². The summed E-state index contributed by atoms with van der Waals surface area (Å²) in [5.74, 6) is -3.60. The lowest BCUT2D eigenvalue weighted by Crippen LogP contribution is -2.34. The van der Waals surface area contributed by atoms with Gasteiger partial charge in [0.1, 0.15) is 11.5 Å². The molecule has 0 bridgehead atoms. The number of ether oxygens (including phenoxy) is 1. The summed E-state index contributed by atoms with van der Waals surface area (Å²) in [6.07, 6.45) is 0. The minimum atomic E-state index is -1.72. The van der Waals surface area contributed by atoms with E-state index in [-0.39, 0.29) is 6.47 Å². The molecule has 0 saturated carbocycles. The Kier molecular flexibility index (Phi) is 8.68. The summed E-state index contributed by atoms with van der Waals surface area (Å²) in [6, 6.07) is 13.8. The molecule has 2 aromatic carbocycles. The fraction of sp³-hybridized carbons (Fsp3) is 0.158. The Morgan fingerprint density at radius 3 is 1.75 bits per heavy atom. The van der Waals surface area contributed by atoms with E-state index < -0.39 is 23.6 Å². The van der Waals surface area contributed by atoms with E-state index in [0.717, 1.165) is 12.6 Å². The number of hydrogen-bond acceptors (Lipinski definition) is 6. The number of carboxylic acids is 1. The first-order valence-electron chi connectivity index (χ1n) is 8.00. The predicted octanol–water partition coefficient (Wildman–Crippen LogP) is 2.45. The summed E-state index contributed by atoms with van der Waals surface area (Å²) in [7, 11) is 1.82. The number of carbonyl (C=O) groups is 4. The SMILES string of the molecule is CNc1ccc(Oc2ccc(NC(=O)C(C(C)=O)C(=O)O)cc2)cc1.O=CO. The van der Waals surface area contributed by atoms with Gasteiger partial charge in [0, 0.05) is 18.4 Å². The Morgan fingerprint density at radius 2 is 1.39 bits per heavy atom. The van der Waals surface area contributed by atoms with Crippen molar-refractivity contribution in [3.8, 4) is 11.5 Å². The molecule has 0 fully saturated rings. The van der Waals surface area contributed by atoms with Crippen LogP contribution in [0.2, 0.25) is 0 Å². The maximum absolute atomic E-state index is 11.9. The van der Waals surface area contributed by atoms with Crippen LogP contribution in [0.5, 0.6) is 11.5 Å². The molecule has 0 heterocycles. The van der Waals surface area contributed by atoms with Crippen LogP contribution >= 0.6 is 0 Å². The molecule has 0 spiro atoms. The topological polar surface area (TPSA) is 142 Å². The molecule has 4 N–H and O–H groups in total. The van der Waals surface area contributed by atoms with E-state index in [1.807, 2.05) is 31.3 Å². The van der Waals surface area contributed by atoms with Gasteiger partial charge in [-0.15, -0.1) is 0 Å². The average molecular weight is 388 g/mol. The van der Waals surface area contributed by atoms with Crippen LogP contribution in [-0.4, -0.2) is 41.4 Å². The van der Waals surface area contributed by atoms with Gasteiger partial charge in [-0.2, -0.15) is 0 Å². The highest BCUT2D eigenvalue weighted by atomic mass is 16.5.